The molecule has 5 nitrogen and oxygen atoms in total. The van der Waals surface area contributed by atoms with Gasteiger partial charge in [0.25, 0.3) is 5.91 Å². The summed E-state index contributed by atoms with van der Waals surface area (Å²) in [5, 5.41) is 0. The van der Waals surface area contributed by atoms with Crippen molar-refractivity contribution in [1.82, 2.24) is 9.80 Å². The molecule has 0 bridgehead atoms. The zero-order chi connectivity index (χ0) is 22.3. The van der Waals surface area contributed by atoms with E-state index in [0.29, 0.717) is 31.7 Å². The minimum absolute atomic E-state index is 0.00961. The number of carbonyl (C=O) groups excluding carboxylic acids is 2. The van der Waals surface area contributed by atoms with Crippen molar-refractivity contribution in [1.29, 1.82) is 0 Å². The molecular formula is C27H28N2O3. The molecule has 1 fully saturated rings. The van der Waals surface area contributed by atoms with E-state index >= 15 is 0 Å². The van der Waals surface area contributed by atoms with Crippen LogP contribution < -0.4 is 4.74 Å². The van der Waals surface area contributed by atoms with E-state index in [0.717, 1.165) is 23.3 Å². The van der Waals surface area contributed by atoms with Crippen molar-refractivity contribution in [2.45, 2.75) is 12.3 Å². The minimum atomic E-state index is -0.346. The van der Waals surface area contributed by atoms with Crippen molar-refractivity contribution in [3.05, 3.63) is 102 Å². The summed E-state index contributed by atoms with van der Waals surface area (Å²) in [7, 11) is 1.61. The fraction of sp³-hybridized carbons (Fsp3) is 0.259. The lowest BCUT2D eigenvalue weighted by Gasteiger charge is -2.27. The van der Waals surface area contributed by atoms with Gasteiger partial charge in [-0.05, 0) is 41.8 Å². The first-order valence-electron chi connectivity index (χ1n) is 11.0. The summed E-state index contributed by atoms with van der Waals surface area (Å²) in [5.74, 6) is 0.453. The van der Waals surface area contributed by atoms with E-state index in [4.69, 9.17) is 4.74 Å². The number of nitrogens with zero attached hydrogens (tertiary/aromatic N) is 2. The van der Waals surface area contributed by atoms with E-state index in [1.165, 1.54) is 0 Å². The van der Waals surface area contributed by atoms with Gasteiger partial charge in [0.1, 0.15) is 5.75 Å². The highest BCUT2D eigenvalue weighted by Gasteiger charge is 2.29. The average molecular weight is 429 g/mol. The van der Waals surface area contributed by atoms with Crippen LogP contribution in [0.25, 0.3) is 0 Å². The lowest BCUT2D eigenvalue weighted by molar-refractivity contribution is -0.131. The third-order valence-corrected chi connectivity index (χ3v) is 5.94. The Balaban J connectivity index is 1.50. The van der Waals surface area contributed by atoms with Crippen molar-refractivity contribution in [2.24, 2.45) is 0 Å². The first-order valence-corrected chi connectivity index (χ1v) is 11.0. The maximum atomic E-state index is 13.7. The summed E-state index contributed by atoms with van der Waals surface area (Å²) in [4.78, 5) is 30.4. The van der Waals surface area contributed by atoms with Crippen molar-refractivity contribution < 1.29 is 14.3 Å². The summed E-state index contributed by atoms with van der Waals surface area (Å²) in [6, 6.07) is 27.0. The summed E-state index contributed by atoms with van der Waals surface area (Å²) < 4.78 is 5.18. The topological polar surface area (TPSA) is 49.9 Å². The van der Waals surface area contributed by atoms with Crippen LogP contribution in [0.1, 0.15) is 33.8 Å². The molecule has 4 rings (SSSR count). The normalized spacial score (nSPS) is 14.2. The van der Waals surface area contributed by atoms with Crippen LogP contribution in [-0.2, 0) is 4.79 Å². The van der Waals surface area contributed by atoms with Gasteiger partial charge in [-0.25, -0.2) is 0 Å². The predicted octanol–water partition coefficient (Wildman–Crippen LogP) is 4.20. The summed E-state index contributed by atoms with van der Waals surface area (Å²) >= 11 is 0. The van der Waals surface area contributed by atoms with E-state index in [2.05, 4.69) is 0 Å². The predicted molar refractivity (Wildman–Crippen MR) is 125 cm³/mol. The van der Waals surface area contributed by atoms with Gasteiger partial charge in [0.2, 0.25) is 5.91 Å². The standard InChI is InChI=1S/C27H28N2O3/c1-32-24-15-13-23(14-16-24)26(30)28-17-8-18-29(20-19-28)27(31)25(21-9-4-2-5-10-21)22-11-6-3-7-12-22/h2-7,9-16,25H,8,17-20H2,1H3. The molecule has 1 saturated heterocycles. The first kappa shape index (κ1) is 21.6. The third kappa shape index (κ3) is 4.83. The number of rotatable bonds is 5. The Kier molecular flexibility index (Phi) is 6.85. The zero-order valence-corrected chi connectivity index (χ0v) is 18.3. The van der Waals surface area contributed by atoms with Crippen molar-refractivity contribution >= 4 is 11.8 Å². The molecule has 164 valence electrons. The molecule has 0 unspecified atom stereocenters. The van der Waals surface area contributed by atoms with Gasteiger partial charge in [-0.15, -0.1) is 0 Å². The van der Waals surface area contributed by atoms with E-state index in [1.807, 2.05) is 70.5 Å². The third-order valence-electron chi connectivity index (χ3n) is 5.94. The second-order valence-electron chi connectivity index (χ2n) is 7.95. The lowest BCUT2D eigenvalue weighted by Crippen LogP contribution is -2.39. The average Bonchev–Trinajstić information content (AvgIpc) is 3.11. The van der Waals surface area contributed by atoms with Gasteiger partial charge in [-0.1, -0.05) is 60.7 Å². The highest BCUT2D eigenvalue weighted by molar-refractivity contribution is 5.94. The summed E-state index contributed by atoms with van der Waals surface area (Å²) in [6.45, 7) is 2.32. The van der Waals surface area contributed by atoms with Crippen molar-refractivity contribution in [2.75, 3.05) is 33.3 Å². The van der Waals surface area contributed by atoms with Crippen molar-refractivity contribution in [3.8, 4) is 5.75 Å². The Morgan fingerprint density at radius 1 is 0.719 bits per heavy atom. The number of ether oxygens (including phenoxy) is 1. The van der Waals surface area contributed by atoms with Crippen LogP contribution in [-0.4, -0.2) is 54.9 Å². The first-order chi connectivity index (χ1) is 15.7. The molecule has 1 heterocycles. The fourth-order valence-corrected chi connectivity index (χ4v) is 4.21. The molecule has 1 aliphatic heterocycles. The van der Waals surface area contributed by atoms with Crippen molar-refractivity contribution in [3.63, 3.8) is 0 Å². The number of benzene rings is 3. The number of carbonyl (C=O) groups is 2. The lowest BCUT2D eigenvalue weighted by atomic mass is 9.90. The van der Waals surface area contributed by atoms with Crippen LogP contribution in [0, 0.1) is 0 Å². The van der Waals surface area contributed by atoms with Gasteiger partial charge in [-0.3, -0.25) is 9.59 Å². The maximum Gasteiger partial charge on any atom is 0.253 e. The molecule has 32 heavy (non-hydrogen) atoms. The zero-order valence-electron chi connectivity index (χ0n) is 18.3. The van der Waals surface area contributed by atoms with Gasteiger partial charge in [0.15, 0.2) is 0 Å². The quantitative estimate of drug-likeness (QED) is 0.612. The molecule has 1 aliphatic rings. The van der Waals surface area contributed by atoms with E-state index in [1.54, 1.807) is 31.4 Å². The monoisotopic (exact) mass is 428 g/mol. The molecular weight excluding hydrogens is 400 g/mol. The molecule has 2 amide bonds. The van der Waals surface area contributed by atoms with Gasteiger partial charge in [0.05, 0.1) is 13.0 Å². The second kappa shape index (κ2) is 10.1. The largest absolute Gasteiger partial charge is 0.497 e. The van der Waals surface area contributed by atoms with E-state index in [-0.39, 0.29) is 17.7 Å². The van der Waals surface area contributed by atoms with Gasteiger partial charge >= 0.3 is 0 Å². The van der Waals surface area contributed by atoms with Gasteiger partial charge < -0.3 is 14.5 Å². The van der Waals surface area contributed by atoms with Crippen LogP contribution in [0.15, 0.2) is 84.9 Å². The van der Waals surface area contributed by atoms with Crippen LogP contribution >= 0.6 is 0 Å². The molecule has 0 spiro atoms. The molecule has 5 heteroatoms. The van der Waals surface area contributed by atoms with Crippen LogP contribution in [0.3, 0.4) is 0 Å². The minimum Gasteiger partial charge on any atom is -0.497 e. The molecule has 3 aromatic rings. The van der Waals surface area contributed by atoms with E-state index in [9.17, 15) is 9.59 Å². The molecule has 0 aliphatic carbocycles. The summed E-state index contributed by atoms with van der Waals surface area (Å²) in [5.41, 5.74) is 2.61. The van der Waals surface area contributed by atoms with Crippen LogP contribution in [0.5, 0.6) is 5.75 Å². The van der Waals surface area contributed by atoms with Crippen LogP contribution in [0.4, 0.5) is 0 Å². The van der Waals surface area contributed by atoms with Gasteiger partial charge in [0, 0.05) is 31.7 Å². The highest BCUT2D eigenvalue weighted by Crippen LogP contribution is 2.27. The second-order valence-corrected chi connectivity index (χ2v) is 7.95. The van der Waals surface area contributed by atoms with E-state index < -0.39 is 0 Å². The Labute approximate surface area is 189 Å². The Morgan fingerprint density at radius 2 is 1.25 bits per heavy atom. The van der Waals surface area contributed by atoms with Gasteiger partial charge in [-0.2, -0.15) is 0 Å². The molecule has 0 atom stereocenters. The molecule has 0 radical (unpaired) electrons. The fourth-order valence-electron chi connectivity index (χ4n) is 4.21. The Bertz CT molecular complexity index is 996. The highest BCUT2D eigenvalue weighted by atomic mass is 16.5. The summed E-state index contributed by atoms with van der Waals surface area (Å²) in [6.07, 6.45) is 0.754. The Hall–Kier alpha value is -3.60. The number of hydrogen-bond donors (Lipinski definition) is 0. The number of amides is 2. The smallest absolute Gasteiger partial charge is 0.253 e. The molecule has 3 aromatic carbocycles. The molecule has 0 aromatic heterocycles. The maximum absolute atomic E-state index is 13.7. The number of hydrogen-bond acceptors (Lipinski definition) is 3. The molecule has 0 saturated carbocycles. The van der Waals surface area contributed by atoms with Crippen LogP contribution in [0.2, 0.25) is 0 Å². The SMILES string of the molecule is COc1ccc(C(=O)N2CCCN(C(=O)C(c3ccccc3)c3ccccc3)CC2)cc1. The Morgan fingerprint density at radius 3 is 1.81 bits per heavy atom. The molecule has 0 N–H and O–H groups in total. The number of methoxy groups -OCH3 is 1.